The van der Waals surface area contributed by atoms with Crippen LogP contribution < -0.4 is 0 Å². The van der Waals surface area contributed by atoms with Crippen LogP contribution in [0.2, 0.25) is 0 Å². The summed E-state index contributed by atoms with van der Waals surface area (Å²) in [6.07, 6.45) is 0. The van der Waals surface area contributed by atoms with Crippen molar-refractivity contribution in [2.24, 2.45) is 0 Å². The van der Waals surface area contributed by atoms with Crippen LogP contribution in [0, 0.1) is 0 Å². The van der Waals surface area contributed by atoms with Gasteiger partial charge in [-0.05, 0) is 0 Å². The molecule has 0 aliphatic heterocycles. The van der Waals surface area contributed by atoms with Crippen molar-refractivity contribution < 1.29 is 9.58 Å². The summed E-state index contributed by atoms with van der Waals surface area (Å²) in [5, 5.41) is 0. The van der Waals surface area contributed by atoms with Crippen molar-refractivity contribution in [2.45, 2.75) is 0 Å². The molecule has 2 nitrogen and oxygen atoms in total. The number of rotatable bonds is 0. The van der Waals surface area contributed by atoms with Crippen LogP contribution in [0.5, 0.6) is 0 Å². The summed E-state index contributed by atoms with van der Waals surface area (Å²) in [7, 11) is 0. The average molecular weight is 175 g/mol. The van der Waals surface area contributed by atoms with E-state index in [9.17, 15) is 2.81 Å². The summed E-state index contributed by atoms with van der Waals surface area (Å²) in [6.45, 7) is 0. The first-order valence-corrected chi connectivity index (χ1v) is 3.82. The third-order valence-electron chi connectivity index (χ3n) is 0. The molecule has 0 aromatic heterocycles. The van der Waals surface area contributed by atoms with Gasteiger partial charge in [-0.3, -0.25) is 0 Å². The summed E-state index contributed by atoms with van der Waals surface area (Å²) in [5.41, 5.74) is 0. The van der Waals surface area contributed by atoms with Gasteiger partial charge in [-0.1, -0.05) is 0 Å². The zero-order valence-corrected chi connectivity index (χ0v) is 4.27. The third-order valence-corrected chi connectivity index (χ3v) is 0. The van der Waals surface area contributed by atoms with Gasteiger partial charge in [-0.2, -0.15) is 0 Å². The van der Waals surface area contributed by atoms with Gasteiger partial charge in [0.25, 0.3) is 0 Å². The predicted octanol–water partition coefficient (Wildman–Crippen LogP) is -1.07. The molecule has 0 aromatic carbocycles. The maximum absolute atomic E-state index is 10.3. The van der Waals surface area contributed by atoms with E-state index in [0.29, 0.717) is 0 Å². The van der Waals surface area contributed by atoms with E-state index in [1.165, 1.54) is 0 Å². The number of hydrogen-bond donors (Lipinski definition) is 2. The van der Waals surface area contributed by atoms with Crippen LogP contribution in [0.1, 0.15) is 0 Å². The molecule has 0 radical (unpaired) electrons. The van der Waals surface area contributed by atoms with Crippen LogP contribution >= 0.6 is 0 Å². The quantitative estimate of drug-likeness (QED) is 0.459. The van der Waals surface area contributed by atoms with Gasteiger partial charge in [-0.15, -0.1) is 0 Å². The first-order valence-electron chi connectivity index (χ1n) is 0.569. The number of halogens is 1. The van der Waals surface area contributed by atoms with E-state index >= 15 is 0 Å². The summed E-state index contributed by atoms with van der Waals surface area (Å²) in [6, 6.07) is 0. The Hall–Kier alpha value is 0.668. The molecule has 0 saturated heterocycles. The van der Waals surface area contributed by atoms with Gasteiger partial charge in [0.1, 0.15) is 0 Å². The first-order chi connectivity index (χ1) is 1.73. The Morgan fingerprint density at radius 1 is 1.50 bits per heavy atom. The summed E-state index contributed by atoms with van der Waals surface area (Å²) >= 11 is -3.95. The monoisotopic (exact) mass is 174 g/mol. The molecule has 0 atom stereocenters. The van der Waals surface area contributed by atoms with Crippen molar-refractivity contribution in [1.29, 1.82) is 0 Å². The molecule has 0 spiro atoms. The third kappa shape index (κ3) is 16.6. The van der Waals surface area contributed by atoms with Crippen LogP contribution in [0.25, 0.3) is 0 Å². The maximum atomic E-state index is 10.3. The molecule has 26 valence electrons. The zero-order valence-electron chi connectivity index (χ0n) is 1.72. The fraction of sp³-hybridized carbons (Fsp3) is 0. The van der Waals surface area contributed by atoms with Crippen LogP contribution in [0.4, 0.5) is 2.81 Å². The Bertz CT molecular complexity index is 10.8. The minimum absolute atomic E-state index is 3.95. The normalized spacial score (nSPS) is 9.00. The minimum atomic E-state index is -3.95. The van der Waals surface area contributed by atoms with Crippen molar-refractivity contribution in [3.63, 3.8) is 0 Å². The predicted molar refractivity (Wildman–Crippen MR) is 11.3 cm³/mol. The molecule has 0 aliphatic rings. The average Bonchev–Trinajstić information content (AvgIpc) is 0.811. The van der Waals surface area contributed by atoms with E-state index < -0.39 is 21.6 Å². The van der Waals surface area contributed by atoms with E-state index in [-0.39, 0.29) is 0 Å². The van der Waals surface area contributed by atoms with E-state index in [2.05, 4.69) is 0 Å². The summed E-state index contributed by atoms with van der Waals surface area (Å²) < 4.78 is 24.6. The van der Waals surface area contributed by atoms with E-state index in [1.54, 1.807) is 0 Å². The van der Waals surface area contributed by atoms with Gasteiger partial charge in [-0.25, -0.2) is 0 Å². The standard InChI is InChI=1S/FH.2H2O.Sb/h1H;2*1H2;/q;;;+3/p-3. The van der Waals surface area contributed by atoms with Crippen molar-refractivity contribution in [3.8, 4) is 0 Å². The molecule has 4 heavy (non-hydrogen) atoms. The number of hydrogen-bond acceptors (Lipinski definition) is 2. The van der Waals surface area contributed by atoms with E-state index in [1.807, 2.05) is 0 Å². The van der Waals surface area contributed by atoms with Crippen LogP contribution in [-0.2, 0) is 0 Å². The summed E-state index contributed by atoms with van der Waals surface area (Å²) in [5.74, 6) is 0. The van der Waals surface area contributed by atoms with Gasteiger partial charge in [0.15, 0.2) is 0 Å². The molecule has 0 heterocycles. The Balaban J connectivity index is 2.32. The molecule has 0 rings (SSSR count). The van der Waals surface area contributed by atoms with Crippen molar-refractivity contribution in [1.82, 2.24) is 0 Å². The van der Waals surface area contributed by atoms with Crippen molar-refractivity contribution >= 4 is 21.6 Å². The van der Waals surface area contributed by atoms with Crippen LogP contribution in [0.15, 0.2) is 0 Å². The molecule has 0 fully saturated rings. The second-order valence-corrected chi connectivity index (χ2v) is 1.61. The molecule has 0 unspecified atom stereocenters. The molecule has 0 bridgehead atoms. The van der Waals surface area contributed by atoms with Gasteiger partial charge >= 0.3 is 31.2 Å². The summed E-state index contributed by atoms with van der Waals surface area (Å²) in [4.78, 5) is 0. The van der Waals surface area contributed by atoms with Gasteiger partial charge in [0, 0.05) is 0 Å². The van der Waals surface area contributed by atoms with Crippen LogP contribution in [-0.4, -0.2) is 28.4 Å². The topological polar surface area (TPSA) is 40.5 Å². The molecular weight excluding hydrogens is 173 g/mol. The van der Waals surface area contributed by atoms with Crippen LogP contribution in [0.3, 0.4) is 0 Å². The Labute approximate surface area is 31.8 Å². The fourth-order valence-corrected chi connectivity index (χ4v) is 0. The first kappa shape index (κ1) is 4.67. The Morgan fingerprint density at radius 3 is 1.50 bits per heavy atom. The molecular formula is H2FO2Sb. The SMILES string of the molecule is [OH][Sb]([OH])[F]. The zero-order chi connectivity index (χ0) is 3.58. The fourth-order valence-electron chi connectivity index (χ4n) is 0. The van der Waals surface area contributed by atoms with E-state index in [4.69, 9.17) is 6.77 Å². The Morgan fingerprint density at radius 2 is 1.50 bits per heavy atom. The Kier molecular flexibility index (Phi) is 2.26. The molecule has 0 saturated carbocycles. The van der Waals surface area contributed by atoms with E-state index in [0.717, 1.165) is 0 Å². The molecule has 2 N–H and O–H groups in total. The molecule has 0 amide bonds. The molecule has 0 aromatic rings. The molecule has 0 aliphatic carbocycles. The second kappa shape index (κ2) is 1.94. The van der Waals surface area contributed by atoms with Crippen molar-refractivity contribution in [3.05, 3.63) is 0 Å². The van der Waals surface area contributed by atoms with Crippen molar-refractivity contribution in [2.75, 3.05) is 0 Å². The van der Waals surface area contributed by atoms with Gasteiger partial charge in [0.2, 0.25) is 0 Å². The molecule has 4 heteroatoms. The van der Waals surface area contributed by atoms with Gasteiger partial charge in [0.05, 0.1) is 0 Å². The second-order valence-electron chi connectivity index (χ2n) is 0.241. The van der Waals surface area contributed by atoms with Gasteiger partial charge < -0.3 is 0 Å².